The van der Waals surface area contributed by atoms with Crippen molar-refractivity contribution in [1.29, 1.82) is 0 Å². The van der Waals surface area contributed by atoms with Gasteiger partial charge in [0.15, 0.2) is 0 Å². The Balaban J connectivity index is 1.93. The van der Waals surface area contributed by atoms with Gasteiger partial charge < -0.3 is 15.4 Å². The maximum Gasteiger partial charge on any atom is 0.389 e. The van der Waals surface area contributed by atoms with Crippen LogP contribution in [0.25, 0.3) is 0 Å². The number of hydrogen-bond acceptors (Lipinski definition) is 5. The summed E-state index contributed by atoms with van der Waals surface area (Å²) in [6.07, 6.45) is 1.39. The second-order valence-electron chi connectivity index (χ2n) is 4.06. The molecule has 2 aromatic rings. The van der Waals surface area contributed by atoms with E-state index in [1.54, 1.807) is 6.07 Å². The SMILES string of the molecule is CC(NC(=O)Cn1ccc([N+](=O)[O-])n1)c1ccc(Cl)s1. The quantitative estimate of drug-likeness (QED) is 0.677. The number of nitro groups is 1. The van der Waals surface area contributed by atoms with Crippen LogP contribution in [0.1, 0.15) is 17.8 Å². The summed E-state index contributed by atoms with van der Waals surface area (Å²) in [5, 5.41) is 16.9. The minimum Gasteiger partial charge on any atom is -0.358 e. The van der Waals surface area contributed by atoms with E-state index in [1.165, 1.54) is 28.3 Å². The van der Waals surface area contributed by atoms with E-state index in [0.717, 1.165) is 4.88 Å². The van der Waals surface area contributed by atoms with Crippen LogP contribution in [0.2, 0.25) is 4.34 Å². The number of nitrogens with zero attached hydrogens (tertiary/aromatic N) is 3. The fourth-order valence-corrected chi connectivity index (χ4v) is 2.67. The summed E-state index contributed by atoms with van der Waals surface area (Å²) in [5.41, 5.74) is 0. The second kappa shape index (κ2) is 6.02. The Morgan fingerprint density at radius 1 is 1.60 bits per heavy atom. The van der Waals surface area contributed by atoms with Crippen molar-refractivity contribution < 1.29 is 9.72 Å². The van der Waals surface area contributed by atoms with Crippen molar-refractivity contribution in [3.8, 4) is 0 Å². The van der Waals surface area contributed by atoms with Gasteiger partial charge >= 0.3 is 5.82 Å². The molecule has 0 bridgehead atoms. The highest BCUT2D eigenvalue weighted by Gasteiger charge is 2.16. The third-order valence-electron chi connectivity index (χ3n) is 2.52. The van der Waals surface area contributed by atoms with Gasteiger partial charge in [-0.25, -0.2) is 0 Å². The van der Waals surface area contributed by atoms with E-state index in [9.17, 15) is 14.9 Å². The summed E-state index contributed by atoms with van der Waals surface area (Å²) >= 11 is 7.22. The number of carbonyl (C=O) groups is 1. The van der Waals surface area contributed by atoms with Gasteiger partial charge in [0.25, 0.3) is 0 Å². The minimum absolute atomic E-state index is 0.0721. The van der Waals surface area contributed by atoms with Crippen LogP contribution in [0.15, 0.2) is 24.4 Å². The van der Waals surface area contributed by atoms with E-state index in [0.29, 0.717) is 4.34 Å². The molecule has 1 N–H and O–H groups in total. The molecule has 0 fully saturated rings. The normalized spacial score (nSPS) is 12.1. The summed E-state index contributed by atoms with van der Waals surface area (Å²) in [6, 6.07) is 4.68. The molecule has 0 aliphatic carbocycles. The van der Waals surface area contributed by atoms with Gasteiger partial charge in [0.2, 0.25) is 5.91 Å². The molecule has 0 aromatic carbocycles. The summed E-state index contributed by atoms with van der Waals surface area (Å²) < 4.78 is 1.88. The van der Waals surface area contributed by atoms with Crippen molar-refractivity contribution >= 4 is 34.7 Å². The van der Waals surface area contributed by atoms with E-state index < -0.39 is 4.92 Å². The highest BCUT2D eigenvalue weighted by atomic mass is 35.5. The Morgan fingerprint density at radius 2 is 2.35 bits per heavy atom. The lowest BCUT2D eigenvalue weighted by molar-refractivity contribution is -0.389. The van der Waals surface area contributed by atoms with E-state index in [2.05, 4.69) is 10.4 Å². The van der Waals surface area contributed by atoms with Crippen molar-refractivity contribution in [2.75, 3.05) is 0 Å². The summed E-state index contributed by atoms with van der Waals surface area (Å²) in [7, 11) is 0. The molecule has 0 aliphatic rings. The Hall–Kier alpha value is -1.93. The number of aromatic nitrogens is 2. The molecular formula is C11H11ClN4O3S. The standard InChI is InChI=1S/C11H11ClN4O3S/c1-7(8-2-3-9(12)20-8)13-11(17)6-15-5-4-10(14-15)16(18)19/h2-5,7H,6H2,1H3,(H,13,17). The summed E-state index contributed by atoms with van der Waals surface area (Å²) in [4.78, 5) is 22.6. The van der Waals surface area contributed by atoms with Crippen LogP contribution in [0.3, 0.4) is 0 Å². The van der Waals surface area contributed by atoms with Crippen LogP contribution in [0.4, 0.5) is 5.82 Å². The van der Waals surface area contributed by atoms with Gasteiger partial charge in [-0.15, -0.1) is 11.3 Å². The molecule has 20 heavy (non-hydrogen) atoms. The molecule has 0 radical (unpaired) electrons. The predicted molar refractivity (Wildman–Crippen MR) is 74.8 cm³/mol. The van der Waals surface area contributed by atoms with E-state index in [1.807, 2.05) is 13.0 Å². The zero-order valence-electron chi connectivity index (χ0n) is 10.4. The first-order valence-electron chi connectivity index (χ1n) is 5.68. The lowest BCUT2D eigenvalue weighted by Crippen LogP contribution is -2.29. The Morgan fingerprint density at radius 3 is 2.90 bits per heavy atom. The lowest BCUT2D eigenvalue weighted by atomic mass is 10.3. The highest BCUT2D eigenvalue weighted by Crippen LogP contribution is 2.26. The van der Waals surface area contributed by atoms with Crippen LogP contribution in [-0.4, -0.2) is 20.6 Å². The average Bonchev–Trinajstić information content (AvgIpc) is 2.98. The van der Waals surface area contributed by atoms with E-state index in [4.69, 9.17) is 11.6 Å². The molecule has 1 amide bonds. The van der Waals surface area contributed by atoms with Crippen LogP contribution in [0.5, 0.6) is 0 Å². The van der Waals surface area contributed by atoms with Gasteiger partial charge in [0, 0.05) is 4.88 Å². The molecule has 2 heterocycles. The second-order valence-corrected chi connectivity index (χ2v) is 5.81. The average molecular weight is 315 g/mol. The van der Waals surface area contributed by atoms with Gasteiger partial charge in [0.1, 0.15) is 6.54 Å². The molecule has 1 atom stereocenters. The van der Waals surface area contributed by atoms with Crippen LogP contribution in [-0.2, 0) is 11.3 Å². The number of carbonyl (C=O) groups excluding carboxylic acids is 1. The fraction of sp³-hybridized carbons (Fsp3) is 0.273. The maximum absolute atomic E-state index is 11.8. The third kappa shape index (κ3) is 3.55. The maximum atomic E-state index is 11.8. The van der Waals surface area contributed by atoms with Gasteiger partial charge in [-0.2, -0.15) is 4.68 Å². The van der Waals surface area contributed by atoms with Gasteiger partial charge in [-0.05, 0) is 24.0 Å². The molecule has 0 aliphatic heterocycles. The molecule has 2 rings (SSSR count). The topological polar surface area (TPSA) is 90.1 Å². The van der Waals surface area contributed by atoms with Crippen molar-refractivity contribution in [2.45, 2.75) is 19.5 Å². The molecule has 7 nitrogen and oxygen atoms in total. The molecule has 9 heteroatoms. The number of thiophene rings is 1. The monoisotopic (exact) mass is 314 g/mol. The van der Waals surface area contributed by atoms with Crippen molar-refractivity contribution in [3.05, 3.63) is 43.7 Å². The van der Waals surface area contributed by atoms with Crippen molar-refractivity contribution in [1.82, 2.24) is 15.1 Å². The summed E-state index contributed by atoms with van der Waals surface area (Å²) in [5.74, 6) is -0.559. The minimum atomic E-state index is -0.606. The van der Waals surface area contributed by atoms with Gasteiger partial charge in [-0.1, -0.05) is 11.6 Å². The van der Waals surface area contributed by atoms with Gasteiger partial charge in [0.05, 0.1) is 27.7 Å². The molecule has 0 saturated carbocycles. The van der Waals surface area contributed by atoms with Crippen molar-refractivity contribution in [2.24, 2.45) is 0 Å². The Labute approximate surface area is 123 Å². The number of nitrogens with one attached hydrogen (secondary N) is 1. The van der Waals surface area contributed by atoms with Gasteiger partial charge in [-0.3, -0.25) is 4.79 Å². The molecule has 0 spiro atoms. The molecule has 106 valence electrons. The van der Waals surface area contributed by atoms with E-state index >= 15 is 0 Å². The highest BCUT2D eigenvalue weighted by molar-refractivity contribution is 7.16. The number of halogens is 1. The zero-order valence-corrected chi connectivity index (χ0v) is 12.0. The third-order valence-corrected chi connectivity index (χ3v) is 3.93. The number of amides is 1. The molecule has 1 unspecified atom stereocenters. The van der Waals surface area contributed by atoms with E-state index in [-0.39, 0.29) is 24.3 Å². The van der Waals surface area contributed by atoms with Crippen LogP contribution >= 0.6 is 22.9 Å². The fourth-order valence-electron chi connectivity index (χ4n) is 1.60. The first-order valence-corrected chi connectivity index (χ1v) is 6.87. The smallest absolute Gasteiger partial charge is 0.358 e. The first-order chi connectivity index (χ1) is 9.45. The van der Waals surface area contributed by atoms with Crippen LogP contribution < -0.4 is 5.32 Å². The Bertz CT molecular complexity index is 639. The number of hydrogen-bond donors (Lipinski definition) is 1. The van der Waals surface area contributed by atoms with Crippen LogP contribution in [0, 0.1) is 10.1 Å². The predicted octanol–water partition coefficient (Wildman–Crippen LogP) is 2.38. The van der Waals surface area contributed by atoms with Crippen molar-refractivity contribution in [3.63, 3.8) is 0 Å². The first kappa shape index (κ1) is 14.5. The zero-order chi connectivity index (χ0) is 14.7. The Kier molecular flexibility index (Phi) is 4.35. The molecule has 0 saturated heterocycles. The summed E-state index contributed by atoms with van der Waals surface area (Å²) in [6.45, 7) is 1.77. The number of rotatable bonds is 5. The molecular weight excluding hydrogens is 304 g/mol. The molecule has 2 aromatic heterocycles. The lowest BCUT2D eigenvalue weighted by Gasteiger charge is -2.11. The largest absolute Gasteiger partial charge is 0.389 e.